The molecule has 0 saturated heterocycles. The van der Waals surface area contributed by atoms with Crippen molar-refractivity contribution in [3.05, 3.63) is 52.8 Å². The van der Waals surface area contributed by atoms with Crippen molar-refractivity contribution in [3.63, 3.8) is 0 Å². The third-order valence-corrected chi connectivity index (χ3v) is 14.5. The molecular weight excluding hydrogens is 538 g/mol. The number of carboxylic acids is 1. The van der Waals surface area contributed by atoms with Crippen LogP contribution in [0, 0.1) is 61.9 Å². The number of anilines is 1. The van der Waals surface area contributed by atoms with E-state index in [0.717, 1.165) is 68.1 Å². The lowest BCUT2D eigenvalue weighted by Crippen LogP contribution is -2.67. The van der Waals surface area contributed by atoms with Crippen molar-refractivity contribution in [1.82, 2.24) is 0 Å². The number of carbonyl (C=O) groups is 2. The summed E-state index contributed by atoms with van der Waals surface area (Å²) in [6, 6.07) is 6.79. The van der Waals surface area contributed by atoms with Gasteiger partial charge in [-0.2, -0.15) is 0 Å². The van der Waals surface area contributed by atoms with E-state index in [1.165, 1.54) is 0 Å². The highest BCUT2D eigenvalue weighted by Crippen LogP contribution is 2.77. The second-order valence-corrected chi connectivity index (χ2v) is 16.4. The molecule has 6 rings (SSSR count). The lowest BCUT2D eigenvalue weighted by molar-refractivity contribution is -0.231. The molecule has 0 heterocycles. The van der Waals surface area contributed by atoms with Crippen LogP contribution in [0.3, 0.4) is 0 Å². The standard InChI is InChI=1S/C37H50NO5/c1-22(2)26-13-16-37(32(40)41)18-17-35(6)27(30(26)37)11-12-29-34(5)21-24(19-23-9-8-10-25(20-23)38(42)43)31(39)33(3,4)28(34)14-15-36(29,35)7/h8-10,19-20,26-30,42H,1,11-18,21H2,2-7H3,(H,40,41)/q-1/t26-,27+,28+,29+,30+,34+,35-,36-,37-/m1/s1. The Bertz CT molecular complexity index is 1390. The fraction of sp³-hybridized carbons (Fsp3) is 0.676. The Hall–Kier alpha value is -2.44. The summed E-state index contributed by atoms with van der Waals surface area (Å²) in [6.07, 6.45) is 10.2. The van der Waals surface area contributed by atoms with Gasteiger partial charge in [0.2, 0.25) is 0 Å². The Balaban J connectivity index is 1.41. The number of hydrogen-bond acceptors (Lipinski definition) is 5. The summed E-state index contributed by atoms with van der Waals surface area (Å²) in [5.74, 6) is 1.04. The number of allylic oxidation sites excluding steroid dienone is 2. The quantitative estimate of drug-likeness (QED) is 0.207. The first kappa shape index (κ1) is 30.6. The summed E-state index contributed by atoms with van der Waals surface area (Å²) in [6.45, 7) is 18.2. The van der Waals surface area contributed by atoms with Crippen LogP contribution in [-0.2, 0) is 9.59 Å². The van der Waals surface area contributed by atoms with E-state index in [1.807, 2.05) is 12.1 Å². The van der Waals surface area contributed by atoms with Crippen LogP contribution in [0.4, 0.5) is 5.69 Å². The molecule has 2 N–H and O–H groups in total. The predicted molar refractivity (Wildman–Crippen MR) is 169 cm³/mol. The lowest BCUT2D eigenvalue weighted by Gasteiger charge is -2.72. The van der Waals surface area contributed by atoms with Crippen molar-refractivity contribution in [2.24, 2.45) is 56.7 Å². The average Bonchev–Trinajstić information content (AvgIpc) is 3.34. The molecule has 43 heavy (non-hydrogen) atoms. The van der Waals surface area contributed by atoms with E-state index < -0.39 is 16.8 Å². The SMILES string of the molecule is C=C(C)[C@H]1CC[C@@]2(C(=O)O)CC[C@]3(C)[C@@H](CC[C@H]4[C@@]5(C)CC(=Cc6cccc(N([O-])O)c6)C(=O)C(C)(C)[C@@H]5CC[C@]43C)[C@H]12. The molecule has 234 valence electrons. The van der Waals surface area contributed by atoms with E-state index >= 15 is 0 Å². The van der Waals surface area contributed by atoms with E-state index in [2.05, 4.69) is 48.1 Å². The first-order valence-electron chi connectivity index (χ1n) is 16.4. The highest BCUT2D eigenvalue weighted by molar-refractivity contribution is 6.04. The van der Waals surface area contributed by atoms with E-state index in [1.54, 1.807) is 18.2 Å². The maximum Gasteiger partial charge on any atom is 0.309 e. The maximum absolute atomic E-state index is 14.1. The summed E-state index contributed by atoms with van der Waals surface area (Å²) in [7, 11) is 0. The van der Waals surface area contributed by atoms with Gasteiger partial charge in [0.15, 0.2) is 5.78 Å². The minimum atomic E-state index is -0.629. The molecule has 0 unspecified atom stereocenters. The van der Waals surface area contributed by atoms with Crippen molar-refractivity contribution >= 4 is 23.5 Å². The molecule has 0 radical (unpaired) electrons. The zero-order chi connectivity index (χ0) is 31.3. The van der Waals surface area contributed by atoms with Gasteiger partial charge in [0.1, 0.15) is 0 Å². The minimum absolute atomic E-state index is 0.0219. The summed E-state index contributed by atoms with van der Waals surface area (Å²) in [5.41, 5.74) is 1.67. The van der Waals surface area contributed by atoms with E-state index in [-0.39, 0.29) is 50.7 Å². The molecule has 1 aromatic carbocycles. The zero-order valence-electron chi connectivity index (χ0n) is 26.9. The summed E-state index contributed by atoms with van der Waals surface area (Å²) in [5, 5.41) is 31.5. The number of Topliss-reactive ketones (excluding diaryl/α,β-unsaturated/α-hetero) is 1. The third kappa shape index (κ3) is 4.04. The summed E-state index contributed by atoms with van der Waals surface area (Å²) < 4.78 is 0. The molecule has 5 saturated carbocycles. The number of hydrogen-bond donors (Lipinski definition) is 2. The van der Waals surface area contributed by atoms with Crippen molar-refractivity contribution in [3.8, 4) is 0 Å². The van der Waals surface area contributed by atoms with Crippen LogP contribution in [0.15, 0.2) is 42.0 Å². The number of aliphatic carboxylic acids is 1. The van der Waals surface area contributed by atoms with Crippen LogP contribution in [0.5, 0.6) is 0 Å². The smallest absolute Gasteiger partial charge is 0.309 e. The van der Waals surface area contributed by atoms with Gasteiger partial charge >= 0.3 is 5.97 Å². The van der Waals surface area contributed by atoms with Crippen molar-refractivity contribution in [1.29, 1.82) is 0 Å². The number of carbonyl (C=O) groups excluding carboxylic acids is 1. The number of benzene rings is 1. The maximum atomic E-state index is 14.1. The number of carboxylic acid groups (broad SMARTS) is 1. The number of nitrogens with zero attached hydrogens (tertiary/aromatic N) is 1. The van der Waals surface area contributed by atoms with Gasteiger partial charge in [-0.05, 0) is 140 Å². The molecule has 5 aliphatic rings. The summed E-state index contributed by atoms with van der Waals surface area (Å²) in [4.78, 5) is 27.0. The second kappa shape index (κ2) is 9.78. The van der Waals surface area contributed by atoms with Gasteiger partial charge in [-0.1, -0.05) is 58.9 Å². The van der Waals surface area contributed by atoms with Crippen molar-refractivity contribution < 1.29 is 19.9 Å². The van der Waals surface area contributed by atoms with E-state index in [0.29, 0.717) is 18.3 Å². The lowest BCUT2D eigenvalue weighted by atomic mass is 9.32. The Morgan fingerprint density at radius 2 is 1.72 bits per heavy atom. The monoisotopic (exact) mass is 588 g/mol. The fourth-order valence-electron chi connectivity index (χ4n) is 12.4. The van der Waals surface area contributed by atoms with Crippen LogP contribution in [0.25, 0.3) is 6.08 Å². The molecule has 5 fully saturated rings. The first-order chi connectivity index (χ1) is 20.0. The molecule has 0 aromatic heterocycles. The van der Waals surface area contributed by atoms with E-state index in [9.17, 15) is 25.1 Å². The largest absolute Gasteiger partial charge is 0.733 e. The molecule has 6 nitrogen and oxygen atoms in total. The van der Waals surface area contributed by atoms with Crippen LogP contribution in [-0.4, -0.2) is 22.1 Å². The number of ketones is 1. The molecule has 1 aromatic rings. The van der Waals surface area contributed by atoms with Crippen LogP contribution >= 0.6 is 0 Å². The number of rotatable bonds is 4. The molecule has 5 aliphatic carbocycles. The van der Waals surface area contributed by atoms with Gasteiger partial charge in [0, 0.05) is 5.41 Å². The highest BCUT2D eigenvalue weighted by Gasteiger charge is 2.72. The average molecular weight is 589 g/mol. The van der Waals surface area contributed by atoms with Gasteiger partial charge in [-0.3, -0.25) is 14.8 Å². The van der Waals surface area contributed by atoms with Crippen LogP contribution in [0.1, 0.15) is 105 Å². The molecule has 9 atom stereocenters. The topological polar surface area (TPSA) is 101 Å². The van der Waals surface area contributed by atoms with E-state index in [4.69, 9.17) is 0 Å². The Kier molecular flexibility index (Phi) is 6.95. The summed E-state index contributed by atoms with van der Waals surface area (Å²) >= 11 is 0. The van der Waals surface area contributed by atoms with Crippen LogP contribution in [0.2, 0.25) is 0 Å². The zero-order valence-corrected chi connectivity index (χ0v) is 26.9. The van der Waals surface area contributed by atoms with Gasteiger partial charge in [0.05, 0.1) is 11.1 Å². The molecule has 6 heteroatoms. The molecular formula is C37H50NO5-. The van der Waals surface area contributed by atoms with Crippen molar-refractivity contribution in [2.75, 3.05) is 5.23 Å². The van der Waals surface area contributed by atoms with Gasteiger partial charge in [-0.25, -0.2) is 0 Å². The third-order valence-electron chi connectivity index (χ3n) is 14.5. The van der Waals surface area contributed by atoms with Crippen molar-refractivity contribution in [2.45, 2.75) is 99.3 Å². The predicted octanol–water partition coefficient (Wildman–Crippen LogP) is 8.68. The molecule has 0 bridgehead atoms. The molecule has 0 amide bonds. The Morgan fingerprint density at radius 1 is 1.00 bits per heavy atom. The van der Waals surface area contributed by atoms with Crippen LogP contribution < -0.4 is 5.23 Å². The van der Waals surface area contributed by atoms with Gasteiger partial charge in [0.25, 0.3) is 0 Å². The molecule has 0 spiro atoms. The molecule has 0 aliphatic heterocycles. The van der Waals surface area contributed by atoms with Gasteiger partial charge in [-0.15, -0.1) is 0 Å². The highest BCUT2D eigenvalue weighted by atomic mass is 16.8. The fourth-order valence-corrected chi connectivity index (χ4v) is 12.4. The van der Waals surface area contributed by atoms with Gasteiger partial charge < -0.3 is 15.5 Å². The second-order valence-electron chi connectivity index (χ2n) is 16.4. The Labute approximate surface area is 257 Å². The minimum Gasteiger partial charge on any atom is -0.733 e. The number of fused-ring (bicyclic) bond motifs is 7. The Morgan fingerprint density at radius 3 is 2.37 bits per heavy atom. The normalized spacial score (nSPS) is 44.1. The first-order valence-corrected chi connectivity index (χ1v) is 16.4.